The Balaban J connectivity index is 0.967. The van der Waals surface area contributed by atoms with E-state index in [9.17, 15) is 0 Å². The van der Waals surface area contributed by atoms with Gasteiger partial charge in [-0.25, -0.2) is 0 Å². The highest BCUT2D eigenvalue weighted by atomic mass is 32.1. The van der Waals surface area contributed by atoms with Gasteiger partial charge in [0.05, 0.1) is 11.1 Å². The van der Waals surface area contributed by atoms with Crippen molar-refractivity contribution in [1.82, 2.24) is 0 Å². The minimum Gasteiger partial charge on any atom is -0.310 e. The van der Waals surface area contributed by atoms with Gasteiger partial charge < -0.3 is 4.90 Å². The molecular weight excluding hydrogens is 779 g/mol. The fourth-order valence-corrected chi connectivity index (χ4v) is 11.2. The van der Waals surface area contributed by atoms with E-state index in [1.54, 1.807) is 0 Å². The van der Waals surface area contributed by atoms with E-state index in [0.717, 1.165) is 17.1 Å². The molecule has 2 heteroatoms. The number of fused-ring (bicyclic) bond motifs is 6. The second-order valence-electron chi connectivity index (χ2n) is 16.4. The number of hydrogen-bond acceptors (Lipinski definition) is 2. The lowest BCUT2D eigenvalue weighted by Crippen LogP contribution is -2.28. The van der Waals surface area contributed by atoms with Gasteiger partial charge in [0.2, 0.25) is 0 Å². The molecule has 0 fully saturated rings. The van der Waals surface area contributed by atoms with Crippen LogP contribution in [0.25, 0.3) is 64.7 Å². The molecule has 0 aliphatic heterocycles. The maximum absolute atomic E-state index is 2.42. The first-order valence-electron chi connectivity index (χ1n) is 21.7. The quantitative estimate of drug-likeness (QED) is 0.148. The Kier molecular flexibility index (Phi) is 8.98. The van der Waals surface area contributed by atoms with Gasteiger partial charge in [-0.1, -0.05) is 194 Å². The molecule has 0 spiro atoms. The Hall–Kier alpha value is -7.78. The smallest absolute Gasteiger partial charge is 0.0713 e. The van der Waals surface area contributed by atoms with Gasteiger partial charge >= 0.3 is 0 Å². The molecular formula is C61H41NS. The van der Waals surface area contributed by atoms with E-state index in [-0.39, 0.29) is 0 Å². The first kappa shape index (κ1) is 37.0. The topological polar surface area (TPSA) is 3.24 Å². The zero-order valence-corrected chi connectivity index (χ0v) is 35.3. The molecule has 1 aliphatic rings. The number of para-hydroxylation sites is 1. The van der Waals surface area contributed by atoms with Crippen LogP contribution >= 0.6 is 11.3 Å². The zero-order valence-electron chi connectivity index (χ0n) is 34.5. The molecule has 296 valence electrons. The normalized spacial score (nSPS) is 12.6. The molecule has 12 rings (SSSR count). The molecule has 1 heterocycles. The summed E-state index contributed by atoms with van der Waals surface area (Å²) in [5, 5.41) is 2.64. The molecule has 1 aliphatic carbocycles. The van der Waals surface area contributed by atoms with E-state index in [2.05, 4.69) is 254 Å². The van der Waals surface area contributed by atoms with Crippen LogP contribution < -0.4 is 4.90 Å². The molecule has 0 amide bonds. The van der Waals surface area contributed by atoms with E-state index in [1.165, 1.54) is 86.9 Å². The summed E-state index contributed by atoms with van der Waals surface area (Å²) in [4.78, 5) is 2.42. The molecule has 0 saturated carbocycles. The third-order valence-corrected chi connectivity index (χ3v) is 14.1. The van der Waals surface area contributed by atoms with Crippen molar-refractivity contribution in [1.29, 1.82) is 0 Å². The van der Waals surface area contributed by atoms with E-state index in [4.69, 9.17) is 0 Å². The fraction of sp³-hybridized carbons (Fsp3) is 0.0164. The second-order valence-corrected chi connectivity index (χ2v) is 17.5. The standard InChI is InChI=1S/C61H41NS/c1-3-16-43(17-4-1)51-22-9-13-28-58(51)62(49-35-30-42(31-36-49)44-18-15-19-45(40-44)46-32-39-60-55(41-46)54-25-10-14-29-59(54)63-60)50-37-33-48(34-38-50)61(47-20-5-2-6-21-47)56-26-11-7-23-52(56)53-24-8-12-27-57(53)61/h1-41H. The van der Waals surface area contributed by atoms with Gasteiger partial charge in [0, 0.05) is 37.1 Å². The van der Waals surface area contributed by atoms with Crippen LogP contribution in [-0.2, 0) is 5.41 Å². The summed E-state index contributed by atoms with van der Waals surface area (Å²) in [5.41, 5.74) is 17.8. The fourth-order valence-electron chi connectivity index (χ4n) is 10.1. The van der Waals surface area contributed by atoms with E-state index in [0.29, 0.717) is 0 Å². The van der Waals surface area contributed by atoms with Crippen molar-refractivity contribution in [3.63, 3.8) is 0 Å². The summed E-state index contributed by atoms with van der Waals surface area (Å²) >= 11 is 1.86. The van der Waals surface area contributed by atoms with E-state index in [1.807, 2.05) is 11.3 Å². The monoisotopic (exact) mass is 819 g/mol. The van der Waals surface area contributed by atoms with Gasteiger partial charge in [-0.3, -0.25) is 0 Å². The number of nitrogens with zero attached hydrogens (tertiary/aromatic N) is 1. The molecule has 0 radical (unpaired) electrons. The summed E-state index contributed by atoms with van der Waals surface area (Å²) in [6, 6.07) is 91.4. The van der Waals surface area contributed by atoms with E-state index < -0.39 is 5.41 Å². The van der Waals surface area contributed by atoms with Crippen molar-refractivity contribution >= 4 is 48.6 Å². The Bertz CT molecular complexity index is 3390. The molecule has 1 aromatic heterocycles. The highest BCUT2D eigenvalue weighted by Crippen LogP contribution is 2.56. The average Bonchev–Trinajstić information content (AvgIpc) is 3.89. The average molecular weight is 820 g/mol. The lowest BCUT2D eigenvalue weighted by Gasteiger charge is -2.34. The largest absolute Gasteiger partial charge is 0.310 e. The maximum Gasteiger partial charge on any atom is 0.0713 e. The number of thiophene rings is 1. The first-order chi connectivity index (χ1) is 31.2. The van der Waals surface area contributed by atoms with Crippen molar-refractivity contribution in [2.24, 2.45) is 0 Å². The Morgan fingerprint density at radius 1 is 0.302 bits per heavy atom. The third kappa shape index (κ3) is 6.14. The van der Waals surface area contributed by atoms with Crippen molar-refractivity contribution in [2.75, 3.05) is 4.90 Å². The number of anilines is 3. The highest BCUT2D eigenvalue weighted by Gasteiger charge is 2.45. The molecule has 0 bridgehead atoms. The van der Waals surface area contributed by atoms with E-state index >= 15 is 0 Å². The second kappa shape index (κ2) is 15.3. The van der Waals surface area contributed by atoms with Crippen molar-refractivity contribution in [2.45, 2.75) is 5.41 Å². The summed E-state index contributed by atoms with van der Waals surface area (Å²) < 4.78 is 2.65. The van der Waals surface area contributed by atoms with Gasteiger partial charge in [0.15, 0.2) is 0 Å². The Morgan fingerprint density at radius 3 is 1.51 bits per heavy atom. The van der Waals surface area contributed by atoms with Crippen molar-refractivity contribution in [3.8, 4) is 44.5 Å². The summed E-state index contributed by atoms with van der Waals surface area (Å²) in [5.74, 6) is 0. The van der Waals surface area contributed by atoms with Gasteiger partial charge in [-0.05, 0) is 116 Å². The molecule has 10 aromatic carbocycles. The Labute approximate surface area is 372 Å². The molecule has 0 N–H and O–H groups in total. The lowest BCUT2D eigenvalue weighted by molar-refractivity contribution is 0.768. The van der Waals surface area contributed by atoms with Gasteiger partial charge in [-0.15, -0.1) is 11.3 Å². The number of hydrogen-bond donors (Lipinski definition) is 0. The molecule has 1 nitrogen and oxygen atoms in total. The van der Waals surface area contributed by atoms with Crippen LogP contribution in [0.15, 0.2) is 249 Å². The third-order valence-electron chi connectivity index (χ3n) is 13.0. The summed E-state index contributed by atoms with van der Waals surface area (Å²) in [6.07, 6.45) is 0. The minimum absolute atomic E-state index is 0.459. The van der Waals surface area contributed by atoms with Gasteiger partial charge in [0.25, 0.3) is 0 Å². The summed E-state index contributed by atoms with van der Waals surface area (Å²) in [6.45, 7) is 0. The van der Waals surface area contributed by atoms with Crippen LogP contribution in [0.4, 0.5) is 17.1 Å². The van der Waals surface area contributed by atoms with Crippen LogP contribution in [0.5, 0.6) is 0 Å². The SMILES string of the molecule is c1ccc(-c2ccccc2N(c2ccc(-c3cccc(-c4ccc5sc6ccccc6c5c4)c3)cc2)c2ccc(C3(c4ccccc4)c4ccccc4-c4ccccc43)cc2)cc1. The predicted molar refractivity (Wildman–Crippen MR) is 268 cm³/mol. The zero-order chi connectivity index (χ0) is 41.7. The molecule has 0 saturated heterocycles. The van der Waals surface area contributed by atoms with Crippen LogP contribution in [-0.4, -0.2) is 0 Å². The minimum atomic E-state index is -0.459. The summed E-state index contributed by atoms with van der Waals surface area (Å²) in [7, 11) is 0. The Morgan fingerprint density at radius 2 is 0.794 bits per heavy atom. The first-order valence-corrected chi connectivity index (χ1v) is 22.5. The maximum atomic E-state index is 2.42. The lowest BCUT2D eigenvalue weighted by atomic mass is 9.68. The molecule has 11 aromatic rings. The van der Waals surface area contributed by atoms with Gasteiger partial charge in [0.1, 0.15) is 0 Å². The van der Waals surface area contributed by atoms with Crippen molar-refractivity contribution < 1.29 is 0 Å². The van der Waals surface area contributed by atoms with Crippen molar-refractivity contribution in [3.05, 3.63) is 271 Å². The highest BCUT2D eigenvalue weighted by molar-refractivity contribution is 7.25. The molecule has 0 unspecified atom stereocenters. The van der Waals surface area contributed by atoms with Crippen LogP contribution in [0.1, 0.15) is 22.3 Å². The number of rotatable bonds is 8. The predicted octanol–water partition coefficient (Wildman–Crippen LogP) is 16.9. The van der Waals surface area contributed by atoms with Gasteiger partial charge in [-0.2, -0.15) is 0 Å². The van der Waals surface area contributed by atoms with Crippen LogP contribution in [0.2, 0.25) is 0 Å². The molecule has 0 atom stereocenters. The van der Waals surface area contributed by atoms with Crippen LogP contribution in [0.3, 0.4) is 0 Å². The molecule has 63 heavy (non-hydrogen) atoms. The number of benzene rings is 10. The van der Waals surface area contributed by atoms with Crippen LogP contribution in [0, 0.1) is 0 Å².